The second kappa shape index (κ2) is 14.8. The fourth-order valence-electron chi connectivity index (χ4n) is 3.87. The monoisotopic (exact) mass is 512 g/mol. The van der Waals surface area contributed by atoms with Crippen molar-refractivity contribution in [2.45, 2.75) is 39.5 Å². The van der Waals surface area contributed by atoms with Gasteiger partial charge in [0, 0.05) is 23.2 Å². The lowest BCUT2D eigenvalue weighted by atomic mass is 9.95. The van der Waals surface area contributed by atoms with Crippen molar-refractivity contribution in [1.82, 2.24) is 0 Å². The van der Waals surface area contributed by atoms with Crippen LogP contribution in [0.15, 0.2) is 42.5 Å². The third kappa shape index (κ3) is 7.01. The predicted octanol–water partition coefficient (Wildman–Crippen LogP) is 6.47. The van der Waals surface area contributed by atoms with E-state index in [2.05, 4.69) is 10.6 Å². The van der Waals surface area contributed by atoms with Crippen LogP contribution in [0.1, 0.15) is 57.8 Å². The minimum atomic E-state index is -0.0000463. The molecule has 0 spiro atoms. The van der Waals surface area contributed by atoms with E-state index in [0.29, 0.717) is 22.8 Å². The third-order valence-corrected chi connectivity index (χ3v) is 6.79. The van der Waals surface area contributed by atoms with Crippen molar-refractivity contribution in [3.05, 3.63) is 64.0 Å². The maximum Gasteiger partial charge on any atom is 0.258 e. The van der Waals surface area contributed by atoms with Crippen LogP contribution in [0.25, 0.3) is 0 Å². The quantitative estimate of drug-likeness (QED) is 0.353. The SMILES string of the molecule is CC.CNc1sc2c(c1C(=O)Nc1ccccc1)CCCC2.COc1cc(C=O)cc(OC)c1OC. The summed E-state index contributed by atoms with van der Waals surface area (Å²) in [4.78, 5) is 24.5. The summed E-state index contributed by atoms with van der Waals surface area (Å²) in [5.74, 6) is 1.45. The maximum absolute atomic E-state index is 12.6. The largest absolute Gasteiger partial charge is 0.493 e. The van der Waals surface area contributed by atoms with E-state index >= 15 is 0 Å². The number of para-hydroxylation sites is 1. The second-order valence-electron chi connectivity index (χ2n) is 7.56. The van der Waals surface area contributed by atoms with Gasteiger partial charge in [-0.3, -0.25) is 9.59 Å². The Kier molecular flexibility index (Phi) is 11.8. The van der Waals surface area contributed by atoms with Crippen molar-refractivity contribution >= 4 is 34.2 Å². The molecule has 0 atom stereocenters. The number of carbonyl (C=O) groups is 2. The molecule has 0 saturated carbocycles. The van der Waals surface area contributed by atoms with Gasteiger partial charge in [0.15, 0.2) is 11.5 Å². The molecular weight excluding hydrogens is 476 g/mol. The number of benzene rings is 2. The van der Waals surface area contributed by atoms with Crippen molar-refractivity contribution in [3.63, 3.8) is 0 Å². The van der Waals surface area contributed by atoms with E-state index in [9.17, 15) is 9.59 Å². The van der Waals surface area contributed by atoms with Crippen LogP contribution in [-0.4, -0.2) is 40.6 Å². The summed E-state index contributed by atoms with van der Waals surface area (Å²) in [7, 11) is 6.41. The Morgan fingerprint density at radius 2 is 1.56 bits per heavy atom. The number of nitrogens with one attached hydrogen (secondary N) is 2. The highest BCUT2D eigenvalue weighted by atomic mass is 32.1. The summed E-state index contributed by atoms with van der Waals surface area (Å²) < 4.78 is 15.2. The first-order valence-corrected chi connectivity index (χ1v) is 12.8. The van der Waals surface area contributed by atoms with Gasteiger partial charge >= 0.3 is 0 Å². The summed E-state index contributed by atoms with van der Waals surface area (Å²) in [6, 6.07) is 12.8. The summed E-state index contributed by atoms with van der Waals surface area (Å²) in [5, 5.41) is 7.17. The molecule has 2 N–H and O–H groups in total. The highest BCUT2D eigenvalue weighted by Gasteiger charge is 2.24. The van der Waals surface area contributed by atoms with Crippen LogP contribution in [0.3, 0.4) is 0 Å². The average molecular weight is 513 g/mol. The first kappa shape index (κ1) is 28.7. The number of hydrogen-bond acceptors (Lipinski definition) is 7. The van der Waals surface area contributed by atoms with Gasteiger partial charge in [0.25, 0.3) is 5.91 Å². The first-order valence-electron chi connectivity index (χ1n) is 12.0. The van der Waals surface area contributed by atoms with Crippen LogP contribution in [-0.2, 0) is 12.8 Å². The molecule has 2 aromatic carbocycles. The Labute approximate surface area is 217 Å². The Morgan fingerprint density at radius 3 is 2.08 bits per heavy atom. The number of methoxy groups -OCH3 is 3. The van der Waals surface area contributed by atoms with Gasteiger partial charge in [0.2, 0.25) is 5.75 Å². The number of carbonyl (C=O) groups excluding carboxylic acids is 2. The van der Waals surface area contributed by atoms with E-state index in [1.807, 2.05) is 51.2 Å². The zero-order valence-electron chi connectivity index (χ0n) is 21.9. The van der Waals surface area contributed by atoms with Gasteiger partial charge in [0.1, 0.15) is 11.3 Å². The molecule has 0 bridgehead atoms. The number of anilines is 2. The standard InChI is InChI=1S/C16H18N2OS.C10H12O4.C2H6/c1-17-16-14(12-9-5-6-10-13(12)20-16)15(19)18-11-7-3-2-4-8-11;1-12-8-4-7(6-11)5-9(13-2)10(8)14-3;1-2/h2-4,7-8,17H,5-6,9-10H2,1H3,(H,18,19);4-6H,1-3H3;1-2H3. The molecule has 0 unspecified atom stereocenters. The van der Waals surface area contributed by atoms with Gasteiger partial charge in [-0.05, 0) is 55.5 Å². The van der Waals surface area contributed by atoms with E-state index in [0.717, 1.165) is 35.4 Å². The van der Waals surface area contributed by atoms with Crippen LogP contribution >= 0.6 is 11.3 Å². The van der Waals surface area contributed by atoms with Crippen LogP contribution < -0.4 is 24.8 Å². The summed E-state index contributed by atoms with van der Waals surface area (Å²) in [6.45, 7) is 4.00. The topological polar surface area (TPSA) is 85.9 Å². The minimum absolute atomic E-state index is 0.0000463. The van der Waals surface area contributed by atoms with Gasteiger partial charge in [-0.1, -0.05) is 32.0 Å². The molecule has 0 radical (unpaired) electrons. The number of aldehydes is 1. The zero-order chi connectivity index (χ0) is 26.5. The van der Waals surface area contributed by atoms with Crippen LogP contribution in [0.2, 0.25) is 0 Å². The fraction of sp³-hybridized carbons (Fsp3) is 0.357. The molecule has 0 saturated heterocycles. The zero-order valence-corrected chi connectivity index (χ0v) is 22.7. The van der Waals surface area contributed by atoms with Crippen LogP contribution in [0.4, 0.5) is 10.7 Å². The normalized spacial score (nSPS) is 11.4. The van der Waals surface area contributed by atoms with Crippen LogP contribution in [0, 0.1) is 0 Å². The summed E-state index contributed by atoms with van der Waals surface area (Å²) >= 11 is 1.73. The molecule has 3 aromatic rings. The smallest absolute Gasteiger partial charge is 0.258 e. The molecular formula is C28H36N2O5S. The fourth-order valence-corrected chi connectivity index (χ4v) is 5.11. The van der Waals surface area contributed by atoms with Gasteiger partial charge in [-0.2, -0.15) is 0 Å². The molecule has 0 fully saturated rings. The van der Waals surface area contributed by atoms with Gasteiger partial charge in [-0.25, -0.2) is 0 Å². The number of hydrogen-bond donors (Lipinski definition) is 2. The van der Waals surface area contributed by atoms with Crippen LogP contribution in [0.5, 0.6) is 17.2 Å². The number of rotatable bonds is 7. The second-order valence-corrected chi connectivity index (χ2v) is 8.67. The number of amides is 1. The van der Waals surface area contributed by atoms with E-state index in [4.69, 9.17) is 14.2 Å². The number of ether oxygens (including phenoxy) is 3. The summed E-state index contributed by atoms with van der Waals surface area (Å²) in [6.07, 6.45) is 5.26. The third-order valence-electron chi connectivity index (χ3n) is 5.48. The Balaban J connectivity index is 0.000000252. The summed E-state index contributed by atoms with van der Waals surface area (Å²) in [5.41, 5.74) is 3.42. The average Bonchev–Trinajstić information content (AvgIpc) is 3.33. The molecule has 1 heterocycles. The van der Waals surface area contributed by atoms with Crippen molar-refractivity contribution < 1.29 is 23.8 Å². The maximum atomic E-state index is 12.6. The first-order chi connectivity index (χ1) is 17.6. The van der Waals surface area contributed by atoms with Crippen molar-refractivity contribution in [2.24, 2.45) is 0 Å². The van der Waals surface area contributed by atoms with Gasteiger partial charge in [0.05, 0.1) is 26.9 Å². The van der Waals surface area contributed by atoms with Crippen molar-refractivity contribution in [3.8, 4) is 17.2 Å². The van der Waals surface area contributed by atoms with Gasteiger partial charge in [-0.15, -0.1) is 11.3 Å². The lowest BCUT2D eigenvalue weighted by molar-refractivity contribution is 0.102. The predicted molar refractivity (Wildman–Crippen MR) is 148 cm³/mol. The Hall–Kier alpha value is -3.52. The highest BCUT2D eigenvalue weighted by molar-refractivity contribution is 7.16. The molecule has 0 aliphatic heterocycles. The molecule has 194 valence electrons. The molecule has 7 nitrogen and oxygen atoms in total. The molecule has 4 rings (SSSR count). The molecule has 36 heavy (non-hydrogen) atoms. The van der Waals surface area contributed by atoms with E-state index in [1.54, 1.807) is 23.5 Å². The molecule has 1 aliphatic rings. The number of fused-ring (bicyclic) bond motifs is 1. The Morgan fingerprint density at radius 1 is 0.944 bits per heavy atom. The molecule has 1 aliphatic carbocycles. The van der Waals surface area contributed by atoms with E-state index in [-0.39, 0.29) is 5.91 Å². The number of thiophene rings is 1. The lowest BCUT2D eigenvalue weighted by Gasteiger charge is -2.13. The molecule has 1 aromatic heterocycles. The van der Waals surface area contributed by atoms with Crippen molar-refractivity contribution in [2.75, 3.05) is 39.0 Å². The lowest BCUT2D eigenvalue weighted by Crippen LogP contribution is -2.15. The molecule has 1 amide bonds. The van der Waals surface area contributed by atoms with E-state index < -0.39 is 0 Å². The van der Waals surface area contributed by atoms with Crippen molar-refractivity contribution in [1.29, 1.82) is 0 Å². The minimum Gasteiger partial charge on any atom is -0.493 e. The number of aryl methyl sites for hydroxylation is 1. The highest BCUT2D eigenvalue weighted by Crippen LogP contribution is 2.39. The van der Waals surface area contributed by atoms with Gasteiger partial charge < -0.3 is 24.8 Å². The molecule has 8 heteroatoms. The Bertz CT molecular complexity index is 1100. The van der Waals surface area contributed by atoms with E-state index in [1.165, 1.54) is 44.6 Å².